The molecule has 2 N–H and O–H groups in total. The minimum absolute atomic E-state index is 0.00817. The summed E-state index contributed by atoms with van der Waals surface area (Å²) < 4.78 is 14.3. The minimum atomic E-state index is -0.769. The zero-order valence-corrected chi connectivity index (χ0v) is 17.9. The molecule has 5 unspecified atom stereocenters. The van der Waals surface area contributed by atoms with Crippen LogP contribution in [0.4, 0.5) is 4.39 Å². The van der Waals surface area contributed by atoms with Gasteiger partial charge in [-0.3, -0.25) is 14.5 Å². The number of nitrogens with zero attached hydrogens (tertiary/aromatic N) is 2. The lowest BCUT2D eigenvalue weighted by Gasteiger charge is -2.42. The second-order valence-electron chi connectivity index (χ2n) is 9.78. The summed E-state index contributed by atoms with van der Waals surface area (Å²) in [5, 5.41) is 6.73. The molecule has 0 spiro atoms. The Morgan fingerprint density at radius 2 is 1.79 bits per heavy atom. The molecular weight excluding hydrogens is 371 g/mol. The highest BCUT2D eigenvalue weighted by Crippen LogP contribution is 2.38. The molecule has 2 saturated heterocycles. The van der Waals surface area contributed by atoms with Gasteiger partial charge in [0, 0.05) is 57.1 Å². The number of halogens is 1. The van der Waals surface area contributed by atoms with Gasteiger partial charge in [-0.05, 0) is 50.9 Å². The van der Waals surface area contributed by atoms with E-state index in [-0.39, 0.29) is 35.9 Å². The molecule has 4 aliphatic rings. The van der Waals surface area contributed by atoms with Gasteiger partial charge in [-0.15, -0.1) is 0 Å². The van der Waals surface area contributed by atoms with Gasteiger partial charge in [0.25, 0.3) is 0 Å². The van der Waals surface area contributed by atoms with Crippen LogP contribution >= 0.6 is 0 Å². The number of carbonyl (C=O) groups excluding carboxylic acids is 2. The summed E-state index contributed by atoms with van der Waals surface area (Å²) in [4.78, 5) is 28.9. The van der Waals surface area contributed by atoms with E-state index < -0.39 is 6.17 Å². The highest BCUT2D eigenvalue weighted by molar-refractivity contribution is 5.82. The number of nitrogens with one attached hydrogen (secondary N) is 2. The van der Waals surface area contributed by atoms with Crippen LogP contribution in [0.3, 0.4) is 0 Å². The first kappa shape index (κ1) is 21.0. The lowest BCUT2D eigenvalue weighted by atomic mass is 9.77. The smallest absolute Gasteiger partial charge is 0.237 e. The minimum Gasteiger partial charge on any atom is -0.352 e. The third-order valence-electron chi connectivity index (χ3n) is 7.92. The van der Waals surface area contributed by atoms with Crippen molar-refractivity contribution in [3.8, 4) is 0 Å². The largest absolute Gasteiger partial charge is 0.352 e. The van der Waals surface area contributed by atoms with E-state index in [0.717, 1.165) is 51.9 Å². The van der Waals surface area contributed by atoms with E-state index in [2.05, 4.69) is 22.5 Å². The van der Waals surface area contributed by atoms with Gasteiger partial charge in [0.05, 0.1) is 6.04 Å². The van der Waals surface area contributed by atoms with Gasteiger partial charge in [0.2, 0.25) is 11.8 Å². The lowest BCUT2D eigenvalue weighted by molar-refractivity contribution is -0.131. The Labute approximate surface area is 173 Å². The van der Waals surface area contributed by atoms with Crippen LogP contribution < -0.4 is 10.6 Å². The van der Waals surface area contributed by atoms with E-state index in [1.165, 1.54) is 6.42 Å². The van der Waals surface area contributed by atoms with Crippen LogP contribution in [0.5, 0.6) is 0 Å². The first-order chi connectivity index (χ1) is 13.9. The Bertz CT molecular complexity index is 592. The molecule has 0 radical (unpaired) electrons. The van der Waals surface area contributed by atoms with Gasteiger partial charge in [-0.2, -0.15) is 0 Å². The molecular formula is C22H37FN4O2. The van der Waals surface area contributed by atoms with E-state index >= 15 is 0 Å². The Morgan fingerprint density at radius 3 is 2.48 bits per heavy atom. The molecule has 7 atom stereocenters. The van der Waals surface area contributed by atoms with Crippen LogP contribution in [-0.4, -0.2) is 78.1 Å². The second-order valence-corrected chi connectivity index (χ2v) is 9.78. The zero-order valence-electron chi connectivity index (χ0n) is 17.9. The van der Waals surface area contributed by atoms with E-state index in [1.54, 1.807) is 6.92 Å². The van der Waals surface area contributed by atoms with Crippen LogP contribution in [0.2, 0.25) is 0 Å². The SMILES string of the molecule is CC(=O)N1CCN([C@@H]2CCC[C@@H](NC(=O)C3CC4C(F)CCC(C)C4N3)C2)CC1. The number of hydrogen-bond donors (Lipinski definition) is 2. The molecule has 4 rings (SSSR count). The molecule has 7 heteroatoms. The quantitative estimate of drug-likeness (QED) is 0.746. The average molecular weight is 409 g/mol. The van der Waals surface area contributed by atoms with Crippen molar-refractivity contribution in [2.24, 2.45) is 11.8 Å². The van der Waals surface area contributed by atoms with Crippen molar-refractivity contribution in [1.82, 2.24) is 20.4 Å². The van der Waals surface area contributed by atoms with Crippen molar-refractivity contribution < 1.29 is 14.0 Å². The van der Waals surface area contributed by atoms with Gasteiger partial charge in [0.15, 0.2) is 0 Å². The van der Waals surface area contributed by atoms with Crippen LogP contribution in [0, 0.1) is 11.8 Å². The lowest BCUT2D eigenvalue weighted by Crippen LogP contribution is -2.55. The van der Waals surface area contributed by atoms with Crippen molar-refractivity contribution in [2.75, 3.05) is 26.2 Å². The number of piperazine rings is 1. The Morgan fingerprint density at radius 1 is 1.03 bits per heavy atom. The Balaban J connectivity index is 1.27. The summed E-state index contributed by atoms with van der Waals surface area (Å²) in [7, 11) is 0. The fourth-order valence-corrected chi connectivity index (χ4v) is 6.13. The van der Waals surface area contributed by atoms with Crippen LogP contribution in [0.15, 0.2) is 0 Å². The maximum atomic E-state index is 14.3. The summed E-state index contributed by atoms with van der Waals surface area (Å²) in [5.74, 6) is 0.655. The molecule has 2 saturated carbocycles. The summed E-state index contributed by atoms with van der Waals surface area (Å²) in [6.45, 7) is 7.28. The fraction of sp³-hybridized carbons (Fsp3) is 0.909. The van der Waals surface area contributed by atoms with Crippen LogP contribution in [-0.2, 0) is 9.59 Å². The van der Waals surface area contributed by atoms with Crippen molar-refractivity contribution in [3.05, 3.63) is 0 Å². The normalized spacial score (nSPS) is 41.1. The summed E-state index contributed by atoms with van der Waals surface area (Å²) in [6, 6.07) is 0.585. The van der Waals surface area contributed by atoms with Crippen molar-refractivity contribution in [1.29, 1.82) is 0 Å². The maximum Gasteiger partial charge on any atom is 0.237 e. The first-order valence-corrected chi connectivity index (χ1v) is 11.6. The second kappa shape index (κ2) is 8.88. The predicted molar refractivity (Wildman–Crippen MR) is 110 cm³/mol. The molecule has 0 aromatic rings. The fourth-order valence-electron chi connectivity index (χ4n) is 6.13. The standard InChI is InChI=1S/C22H37FN4O2/c1-14-6-7-19(23)18-13-20(25-21(14)18)22(29)24-16-4-3-5-17(12-16)27-10-8-26(9-11-27)15(2)28/h14,16-21,25H,3-13H2,1-2H3,(H,24,29)/t14?,16-,17-,18?,19?,20?,21?/m1/s1. The number of alkyl halides is 1. The number of fused-ring (bicyclic) bond motifs is 1. The highest BCUT2D eigenvalue weighted by Gasteiger charge is 2.46. The van der Waals surface area contributed by atoms with E-state index in [9.17, 15) is 14.0 Å². The molecule has 29 heavy (non-hydrogen) atoms. The number of amides is 2. The summed E-state index contributed by atoms with van der Waals surface area (Å²) in [6.07, 6.45) is 5.70. The Hall–Kier alpha value is -1.21. The first-order valence-electron chi connectivity index (χ1n) is 11.6. The van der Waals surface area contributed by atoms with Crippen LogP contribution in [0.1, 0.15) is 58.8 Å². The van der Waals surface area contributed by atoms with Crippen molar-refractivity contribution in [3.63, 3.8) is 0 Å². The number of hydrogen-bond acceptors (Lipinski definition) is 4. The molecule has 0 aromatic heterocycles. The highest BCUT2D eigenvalue weighted by atomic mass is 19.1. The summed E-state index contributed by atoms with van der Waals surface area (Å²) in [5.41, 5.74) is 0. The topological polar surface area (TPSA) is 64.7 Å². The molecule has 6 nitrogen and oxygen atoms in total. The van der Waals surface area contributed by atoms with Gasteiger partial charge in [-0.1, -0.05) is 6.92 Å². The zero-order chi connectivity index (χ0) is 20.5. The van der Waals surface area contributed by atoms with Crippen molar-refractivity contribution >= 4 is 11.8 Å². The average Bonchev–Trinajstić information content (AvgIpc) is 3.18. The molecule has 2 amide bonds. The van der Waals surface area contributed by atoms with Gasteiger partial charge in [0.1, 0.15) is 6.17 Å². The van der Waals surface area contributed by atoms with Crippen molar-refractivity contribution in [2.45, 2.75) is 89.1 Å². The molecule has 4 fully saturated rings. The molecule has 164 valence electrons. The third kappa shape index (κ3) is 4.61. The monoisotopic (exact) mass is 408 g/mol. The van der Waals surface area contributed by atoms with Crippen LogP contribution in [0.25, 0.3) is 0 Å². The molecule has 2 aliphatic carbocycles. The van der Waals surface area contributed by atoms with E-state index in [1.807, 2.05) is 4.90 Å². The third-order valence-corrected chi connectivity index (χ3v) is 7.92. The van der Waals surface area contributed by atoms with Gasteiger partial charge < -0.3 is 15.5 Å². The predicted octanol–water partition coefficient (Wildman–Crippen LogP) is 1.69. The van der Waals surface area contributed by atoms with Gasteiger partial charge >= 0.3 is 0 Å². The summed E-state index contributed by atoms with van der Waals surface area (Å²) >= 11 is 0. The van der Waals surface area contributed by atoms with E-state index in [0.29, 0.717) is 24.8 Å². The molecule has 0 aromatic carbocycles. The Kier molecular flexibility index (Phi) is 6.44. The van der Waals surface area contributed by atoms with E-state index in [4.69, 9.17) is 0 Å². The molecule has 2 heterocycles. The molecule has 0 bridgehead atoms. The van der Waals surface area contributed by atoms with Gasteiger partial charge in [-0.25, -0.2) is 4.39 Å². The maximum absolute atomic E-state index is 14.3. The molecule has 2 aliphatic heterocycles. The number of rotatable bonds is 3. The number of carbonyl (C=O) groups is 2.